The van der Waals surface area contributed by atoms with Gasteiger partial charge in [-0.1, -0.05) is 0 Å². The van der Waals surface area contributed by atoms with Crippen LogP contribution in [0.2, 0.25) is 0 Å². The van der Waals surface area contributed by atoms with Gasteiger partial charge >= 0.3 is 6.09 Å². The van der Waals surface area contributed by atoms with Crippen molar-refractivity contribution < 1.29 is 14.3 Å². The third-order valence-electron chi connectivity index (χ3n) is 4.47. The van der Waals surface area contributed by atoms with E-state index in [9.17, 15) is 9.59 Å². The summed E-state index contributed by atoms with van der Waals surface area (Å²) in [5.41, 5.74) is 1.52. The van der Waals surface area contributed by atoms with Crippen LogP contribution in [-0.2, 0) is 4.74 Å². The number of anilines is 1. The van der Waals surface area contributed by atoms with Crippen LogP contribution in [0.25, 0.3) is 0 Å². The molecule has 0 atom stereocenters. The van der Waals surface area contributed by atoms with E-state index in [0.29, 0.717) is 25.3 Å². The molecule has 0 spiro atoms. The topological polar surface area (TPSA) is 74.8 Å². The molecule has 25 heavy (non-hydrogen) atoms. The van der Waals surface area contributed by atoms with Crippen molar-refractivity contribution >= 4 is 17.7 Å². The number of nitrogens with one attached hydrogen (secondary N) is 1. The Hall–Kier alpha value is -2.31. The number of hydrogen-bond donors (Lipinski definition) is 1. The minimum Gasteiger partial charge on any atom is -0.450 e. The molecule has 1 saturated heterocycles. The average Bonchev–Trinajstić information content (AvgIpc) is 2.64. The van der Waals surface area contributed by atoms with Crippen molar-refractivity contribution in [2.24, 2.45) is 0 Å². The lowest BCUT2D eigenvalue weighted by atomic mass is 10.0. The summed E-state index contributed by atoms with van der Waals surface area (Å²) in [5, 5.41) is 3.05. The van der Waals surface area contributed by atoms with Gasteiger partial charge in [-0.15, -0.1) is 0 Å². The third-order valence-corrected chi connectivity index (χ3v) is 4.47. The van der Waals surface area contributed by atoms with Crippen LogP contribution < -0.4 is 10.2 Å². The van der Waals surface area contributed by atoms with E-state index in [-0.39, 0.29) is 18.0 Å². The molecule has 0 aliphatic carbocycles. The lowest BCUT2D eigenvalue weighted by Gasteiger charge is -2.31. The Balaban J connectivity index is 1.91. The van der Waals surface area contributed by atoms with Crippen molar-refractivity contribution in [1.29, 1.82) is 0 Å². The molecule has 1 N–H and O–H groups in total. The van der Waals surface area contributed by atoms with Gasteiger partial charge in [0.15, 0.2) is 0 Å². The molecule has 7 heteroatoms. The summed E-state index contributed by atoms with van der Waals surface area (Å²) in [7, 11) is 0. The molecule has 1 aliphatic rings. The van der Waals surface area contributed by atoms with Gasteiger partial charge < -0.3 is 19.9 Å². The van der Waals surface area contributed by atoms with Crippen molar-refractivity contribution in [2.75, 3.05) is 37.7 Å². The summed E-state index contributed by atoms with van der Waals surface area (Å²) >= 11 is 0. The Kier molecular flexibility index (Phi) is 7.03. The van der Waals surface area contributed by atoms with Crippen LogP contribution >= 0.6 is 0 Å². The van der Waals surface area contributed by atoms with Gasteiger partial charge in [0, 0.05) is 38.4 Å². The Bertz CT molecular complexity index is 581. The van der Waals surface area contributed by atoms with Crippen LogP contribution in [0.15, 0.2) is 18.5 Å². The molecule has 2 rings (SSSR count). The Morgan fingerprint density at radius 2 is 1.92 bits per heavy atom. The van der Waals surface area contributed by atoms with Gasteiger partial charge in [0.25, 0.3) is 5.91 Å². The maximum atomic E-state index is 12.5. The number of hydrogen-bond acceptors (Lipinski definition) is 5. The fourth-order valence-electron chi connectivity index (χ4n) is 3.00. The zero-order valence-corrected chi connectivity index (χ0v) is 15.3. The number of carbonyl (C=O) groups excluding carboxylic acids is 2. The Morgan fingerprint density at radius 1 is 1.24 bits per heavy atom. The average molecular weight is 348 g/mol. The van der Waals surface area contributed by atoms with Gasteiger partial charge in [0.05, 0.1) is 24.1 Å². The van der Waals surface area contributed by atoms with Gasteiger partial charge in [0.1, 0.15) is 0 Å². The van der Waals surface area contributed by atoms with Gasteiger partial charge in [-0.25, -0.2) is 4.79 Å². The van der Waals surface area contributed by atoms with Crippen molar-refractivity contribution in [1.82, 2.24) is 15.2 Å². The fourth-order valence-corrected chi connectivity index (χ4v) is 3.00. The fraction of sp³-hybridized carbons (Fsp3) is 0.611. The van der Waals surface area contributed by atoms with Crippen LogP contribution in [0.4, 0.5) is 10.5 Å². The van der Waals surface area contributed by atoms with Crippen LogP contribution in [0.5, 0.6) is 0 Å². The van der Waals surface area contributed by atoms with Crippen LogP contribution in [0.1, 0.15) is 44.0 Å². The molecule has 0 unspecified atom stereocenters. The van der Waals surface area contributed by atoms with Crippen LogP contribution in [0, 0.1) is 0 Å². The summed E-state index contributed by atoms with van der Waals surface area (Å²) < 4.78 is 5.01. The van der Waals surface area contributed by atoms with E-state index < -0.39 is 0 Å². The smallest absolute Gasteiger partial charge is 0.409 e. The molecule has 1 aromatic heterocycles. The normalized spacial score (nSPS) is 14.9. The number of pyridine rings is 1. The zero-order valence-electron chi connectivity index (χ0n) is 15.3. The number of aromatic nitrogens is 1. The van der Waals surface area contributed by atoms with Gasteiger partial charge in [-0.05, 0) is 39.7 Å². The lowest BCUT2D eigenvalue weighted by molar-refractivity contribution is 0.0860. The first kappa shape index (κ1) is 19.0. The molecule has 0 radical (unpaired) electrons. The number of piperidine rings is 1. The van der Waals surface area contributed by atoms with Gasteiger partial charge in [-0.3, -0.25) is 9.78 Å². The molecule has 1 fully saturated rings. The maximum Gasteiger partial charge on any atom is 0.409 e. The summed E-state index contributed by atoms with van der Waals surface area (Å²) in [4.78, 5) is 32.3. The van der Waals surface area contributed by atoms with Crippen molar-refractivity contribution in [3.05, 3.63) is 24.0 Å². The second-order valence-electron chi connectivity index (χ2n) is 6.04. The molecule has 7 nitrogen and oxygen atoms in total. The molecule has 0 saturated carbocycles. The molecule has 1 aromatic rings. The second-order valence-corrected chi connectivity index (χ2v) is 6.04. The predicted octanol–water partition coefficient (Wildman–Crippen LogP) is 2.28. The van der Waals surface area contributed by atoms with E-state index in [0.717, 1.165) is 31.6 Å². The highest BCUT2D eigenvalue weighted by Crippen LogP contribution is 2.16. The molecule has 0 aromatic carbocycles. The quantitative estimate of drug-likeness (QED) is 0.854. The molecule has 0 bridgehead atoms. The van der Waals surface area contributed by atoms with Crippen molar-refractivity contribution in [3.63, 3.8) is 0 Å². The summed E-state index contributed by atoms with van der Waals surface area (Å²) in [6, 6.07) is 1.94. The minimum atomic E-state index is -0.275. The highest BCUT2D eigenvalue weighted by atomic mass is 16.6. The number of rotatable bonds is 6. The van der Waals surface area contributed by atoms with E-state index >= 15 is 0 Å². The molecule has 2 amide bonds. The predicted molar refractivity (Wildman–Crippen MR) is 96.9 cm³/mol. The van der Waals surface area contributed by atoms with Crippen molar-refractivity contribution in [2.45, 2.75) is 39.7 Å². The largest absolute Gasteiger partial charge is 0.450 e. The highest BCUT2D eigenvalue weighted by molar-refractivity contribution is 5.95. The van der Waals surface area contributed by atoms with Gasteiger partial charge in [-0.2, -0.15) is 0 Å². The van der Waals surface area contributed by atoms with Crippen LogP contribution in [0.3, 0.4) is 0 Å². The second kappa shape index (κ2) is 9.25. The Labute approximate surface area is 149 Å². The van der Waals surface area contributed by atoms with Crippen molar-refractivity contribution in [3.8, 4) is 0 Å². The minimum absolute atomic E-state index is 0.0651. The molecule has 138 valence electrons. The van der Waals surface area contributed by atoms with E-state index in [1.807, 2.05) is 6.07 Å². The number of likely N-dealkylation sites (tertiary alicyclic amines) is 1. The highest BCUT2D eigenvalue weighted by Gasteiger charge is 2.25. The monoisotopic (exact) mass is 348 g/mol. The number of ether oxygens (including phenoxy) is 1. The molecule has 2 heterocycles. The zero-order chi connectivity index (χ0) is 18.2. The molecular formula is C18H28N4O3. The lowest BCUT2D eigenvalue weighted by Crippen LogP contribution is -2.46. The van der Waals surface area contributed by atoms with Crippen LogP contribution in [-0.4, -0.2) is 60.7 Å². The third kappa shape index (κ3) is 5.08. The number of nitrogens with zero attached hydrogens (tertiary/aromatic N) is 3. The maximum absolute atomic E-state index is 12.5. The molecule has 1 aliphatic heterocycles. The van der Waals surface area contributed by atoms with E-state index in [1.54, 1.807) is 24.2 Å². The summed E-state index contributed by atoms with van der Waals surface area (Å²) in [6.45, 7) is 9.27. The first-order valence-corrected chi connectivity index (χ1v) is 9.01. The first-order valence-electron chi connectivity index (χ1n) is 9.01. The number of amides is 2. The van der Waals surface area contributed by atoms with E-state index in [1.165, 1.54) is 0 Å². The summed E-state index contributed by atoms with van der Waals surface area (Å²) in [5.74, 6) is -0.115. The van der Waals surface area contributed by atoms with E-state index in [4.69, 9.17) is 4.74 Å². The molecular weight excluding hydrogens is 320 g/mol. The Morgan fingerprint density at radius 3 is 2.52 bits per heavy atom. The van der Waals surface area contributed by atoms with E-state index in [2.05, 4.69) is 29.0 Å². The first-order chi connectivity index (χ1) is 12.1. The van der Waals surface area contributed by atoms with Gasteiger partial charge in [0.2, 0.25) is 0 Å². The standard InChI is InChI=1S/C18H28N4O3/c1-4-21(5-2)16-11-14(12-19-13-16)17(23)20-15-7-9-22(10-8-15)18(24)25-6-3/h11-13,15H,4-10H2,1-3H3,(H,20,23). The summed E-state index contributed by atoms with van der Waals surface area (Å²) in [6.07, 6.45) is 4.56. The SMILES string of the molecule is CCOC(=O)N1CCC(NC(=O)c2cncc(N(CC)CC)c2)CC1. The number of carbonyl (C=O) groups is 2.